The summed E-state index contributed by atoms with van der Waals surface area (Å²) in [5.74, 6) is 0.901. The van der Waals surface area contributed by atoms with Crippen molar-refractivity contribution in [1.82, 2.24) is 15.5 Å². The highest BCUT2D eigenvalue weighted by Crippen LogP contribution is 2.26. The lowest BCUT2D eigenvalue weighted by Gasteiger charge is -2.42. The van der Waals surface area contributed by atoms with E-state index < -0.39 is 0 Å². The Morgan fingerprint density at radius 2 is 2.17 bits per heavy atom. The number of carbonyl (C=O) groups excluding carboxylic acids is 2. The van der Waals surface area contributed by atoms with Gasteiger partial charge < -0.3 is 15.5 Å². The molecule has 0 aliphatic carbocycles. The summed E-state index contributed by atoms with van der Waals surface area (Å²) in [5.41, 5.74) is 0. The van der Waals surface area contributed by atoms with Crippen LogP contribution in [0.25, 0.3) is 0 Å². The van der Waals surface area contributed by atoms with Crippen molar-refractivity contribution in [3.63, 3.8) is 0 Å². The van der Waals surface area contributed by atoms with Crippen molar-refractivity contribution in [2.24, 2.45) is 5.92 Å². The Labute approximate surface area is 107 Å². The Bertz CT molecular complexity index is 352. The molecule has 2 amide bonds. The van der Waals surface area contributed by atoms with Crippen LogP contribution in [0.2, 0.25) is 0 Å². The number of hydrogen-bond acceptors (Lipinski definition) is 3. The maximum atomic E-state index is 12.3. The van der Waals surface area contributed by atoms with Crippen LogP contribution < -0.4 is 10.6 Å². The molecule has 2 unspecified atom stereocenters. The Hall–Kier alpha value is -1.10. The zero-order valence-electron chi connectivity index (χ0n) is 10.7. The van der Waals surface area contributed by atoms with Crippen molar-refractivity contribution >= 4 is 11.8 Å². The van der Waals surface area contributed by atoms with E-state index in [1.165, 1.54) is 0 Å². The summed E-state index contributed by atoms with van der Waals surface area (Å²) >= 11 is 0. The van der Waals surface area contributed by atoms with E-state index in [0.29, 0.717) is 18.4 Å². The van der Waals surface area contributed by atoms with Gasteiger partial charge in [-0.25, -0.2) is 0 Å². The Balaban J connectivity index is 1.59. The summed E-state index contributed by atoms with van der Waals surface area (Å²) in [5, 5.41) is 6.33. The van der Waals surface area contributed by atoms with Crippen LogP contribution in [-0.2, 0) is 9.59 Å². The second-order valence-electron chi connectivity index (χ2n) is 5.69. The maximum Gasteiger partial charge on any atom is 0.239 e. The van der Waals surface area contributed by atoms with E-state index in [4.69, 9.17) is 0 Å². The summed E-state index contributed by atoms with van der Waals surface area (Å²) in [4.78, 5) is 25.7. The molecule has 0 aromatic carbocycles. The first-order valence-electron chi connectivity index (χ1n) is 7.05. The summed E-state index contributed by atoms with van der Waals surface area (Å²) in [6.45, 7) is 2.58. The average Bonchev–Trinajstić information content (AvgIpc) is 2.91. The zero-order chi connectivity index (χ0) is 12.5. The van der Waals surface area contributed by atoms with E-state index in [1.807, 2.05) is 4.90 Å². The quantitative estimate of drug-likeness (QED) is 0.682. The van der Waals surface area contributed by atoms with E-state index in [2.05, 4.69) is 10.6 Å². The monoisotopic (exact) mass is 251 g/mol. The minimum Gasteiger partial charge on any atom is -0.353 e. The summed E-state index contributed by atoms with van der Waals surface area (Å²) in [6.07, 6.45) is 4.53. The molecule has 5 heteroatoms. The van der Waals surface area contributed by atoms with Crippen molar-refractivity contribution in [2.75, 3.05) is 19.6 Å². The van der Waals surface area contributed by atoms with Gasteiger partial charge in [0, 0.05) is 25.6 Å². The molecule has 0 bridgehead atoms. The molecule has 0 aromatic heterocycles. The molecule has 3 atom stereocenters. The molecular formula is C13H21N3O2. The standard InChI is InChI=1S/C13H21N3O2/c17-12-4-3-9-8-16(7-5-10(9)15-12)13(18)11-2-1-6-14-11/h9-11,14H,1-8H2,(H,15,17)/t9?,10?,11-/m0/s1. The van der Waals surface area contributed by atoms with Gasteiger partial charge in [0.05, 0.1) is 6.04 Å². The van der Waals surface area contributed by atoms with Gasteiger partial charge in [-0.3, -0.25) is 9.59 Å². The highest BCUT2D eigenvalue weighted by atomic mass is 16.2. The lowest BCUT2D eigenvalue weighted by Crippen LogP contribution is -2.57. The van der Waals surface area contributed by atoms with Crippen molar-refractivity contribution in [1.29, 1.82) is 0 Å². The lowest BCUT2D eigenvalue weighted by atomic mass is 9.85. The van der Waals surface area contributed by atoms with Crippen LogP contribution in [-0.4, -0.2) is 48.4 Å². The molecule has 3 aliphatic heterocycles. The van der Waals surface area contributed by atoms with E-state index in [1.54, 1.807) is 0 Å². The molecule has 18 heavy (non-hydrogen) atoms. The maximum absolute atomic E-state index is 12.3. The fourth-order valence-corrected chi connectivity index (χ4v) is 3.43. The van der Waals surface area contributed by atoms with E-state index >= 15 is 0 Å². The number of hydrogen-bond donors (Lipinski definition) is 2. The number of carbonyl (C=O) groups is 2. The molecule has 3 rings (SSSR count). The van der Waals surface area contributed by atoms with Gasteiger partial charge in [0.15, 0.2) is 0 Å². The molecule has 3 fully saturated rings. The number of nitrogens with zero attached hydrogens (tertiary/aromatic N) is 1. The van der Waals surface area contributed by atoms with Crippen LogP contribution in [0.1, 0.15) is 32.1 Å². The van der Waals surface area contributed by atoms with Crippen LogP contribution in [0.15, 0.2) is 0 Å². The number of amides is 2. The van der Waals surface area contributed by atoms with Gasteiger partial charge in [-0.1, -0.05) is 0 Å². The third-order valence-corrected chi connectivity index (χ3v) is 4.49. The molecule has 0 saturated carbocycles. The van der Waals surface area contributed by atoms with Crippen LogP contribution in [0.5, 0.6) is 0 Å². The Kier molecular flexibility index (Phi) is 3.24. The molecule has 0 radical (unpaired) electrons. The third-order valence-electron chi connectivity index (χ3n) is 4.49. The number of fused-ring (bicyclic) bond motifs is 1. The normalized spacial score (nSPS) is 36.1. The lowest BCUT2D eigenvalue weighted by molar-refractivity contribution is -0.136. The predicted molar refractivity (Wildman–Crippen MR) is 66.9 cm³/mol. The Morgan fingerprint density at radius 3 is 2.94 bits per heavy atom. The van der Waals surface area contributed by atoms with Gasteiger partial charge in [-0.2, -0.15) is 0 Å². The van der Waals surface area contributed by atoms with Crippen LogP contribution in [0.3, 0.4) is 0 Å². The highest BCUT2D eigenvalue weighted by molar-refractivity contribution is 5.82. The molecule has 0 spiro atoms. The van der Waals surface area contributed by atoms with Gasteiger partial charge in [0.25, 0.3) is 0 Å². The third kappa shape index (κ3) is 2.23. The summed E-state index contributed by atoms with van der Waals surface area (Å²) in [6, 6.07) is 0.339. The smallest absolute Gasteiger partial charge is 0.239 e. The average molecular weight is 251 g/mol. The molecule has 0 aromatic rings. The van der Waals surface area contributed by atoms with Gasteiger partial charge >= 0.3 is 0 Å². The van der Waals surface area contributed by atoms with Crippen molar-refractivity contribution < 1.29 is 9.59 Å². The largest absolute Gasteiger partial charge is 0.353 e. The van der Waals surface area contributed by atoms with Crippen LogP contribution in [0, 0.1) is 5.92 Å². The van der Waals surface area contributed by atoms with Gasteiger partial charge in [-0.05, 0) is 38.1 Å². The number of nitrogens with one attached hydrogen (secondary N) is 2. The predicted octanol–water partition coefficient (Wildman–Crippen LogP) is -0.134. The van der Waals surface area contributed by atoms with E-state index in [0.717, 1.165) is 45.3 Å². The van der Waals surface area contributed by atoms with E-state index in [-0.39, 0.29) is 17.9 Å². The number of likely N-dealkylation sites (tertiary alicyclic amines) is 1. The molecular weight excluding hydrogens is 230 g/mol. The van der Waals surface area contributed by atoms with Crippen molar-refractivity contribution in [3.8, 4) is 0 Å². The molecule has 3 aliphatic rings. The molecule has 3 saturated heterocycles. The topological polar surface area (TPSA) is 61.4 Å². The SMILES string of the molecule is O=C1CCC2CN(C(=O)[C@@H]3CCCN3)CCC2N1. The molecule has 2 N–H and O–H groups in total. The van der Waals surface area contributed by atoms with Crippen LogP contribution in [0.4, 0.5) is 0 Å². The van der Waals surface area contributed by atoms with Gasteiger partial charge in [0.1, 0.15) is 0 Å². The zero-order valence-corrected chi connectivity index (χ0v) is 10.7. The molecule has 100 valence electrons. The Morgan fingerprint density at radius 1 is 1.28 bits per heavy atom. The summed E-state index contributed by atoms with van der Waals surface area (Å²) < 4.78 is 0. The first kappa shape index (κ1) is 12.0. The fourth-order valence-electron chi connectivity index (χ4n) is 3.43. The fraction of sp³-hybridized carbons (Fsp3) is 0.846. The molecule has 3 heterocycles. The highest BCUT2D eigenvalue weighted by Gasteiger charge is 2.37. The number of piperidine rings is 2. The first-order valence-corrected chi connectivity index (χ1v) is 7.05. The second-order valence-corrected chi connectivity index (χ2v) is 5.69. The van der Waals surface area contributed by atoms with Gasteiger partial charge in [-0.15, -0.1) is 0 Å². The second kappa shape index (κ2) is 4.88. The first-order chi connectivity index (χ1) is 8.74. The van der Waals surface area contributed by atoms with E-state index in [9.17, 15) is 9.59 Å². The summed E-state index contributed by atoms with van der Waals surface area (Å²) in [7, 11) is 0. The van der Waals surface area contributed by atoms with Crippen LogP contribution >= 0.6 is 0 Å². The minimum atomic E-state index is 0.0414. The van der Waals surface area contributed by atoms with Crippen molar-refractivity contribution in [2.45, 2.75) is 44.2 Å². The molecule has 5 nitrogen and oxygen atoms in total. The minimum absolute atomic E-state index is 0.0414. The van der Waals surface area contributed by atoms with Gasteiger partial charge in [0.2, 0.25) is 11.8 Å². The van der Waals surface area contributed by atoms with Crippen molar-refractivity contribution in [3.05, 3.63) is 0 Å². The number of rotatable bonds is 1.